The third-order valence-corrected chi connectivity index (χ3v) is 4.39. The molecule has 0 amide bonds. The Hall–Kier alpha value is -1.58. The van der Waals surface area contributed by atoms with E-state index in [1.807, 2.05) is 30.3 Å². The van der Waals surface area contributed by atoms with Gasteiger partial charge >= 0.3 is 0 Å². The van der Waals surface area contributed by atoms with Crippen molar-refractivity contribution in [3.05, 3.63) is 70.6 Å². The molecule has 0 aliphatic carbocycles. The fourth-order valence-electron chi connectivity index (χ4n) is 1.50. The summed E-state index contributed by atoms with van der Waals surface area (Å²) in [5, 5.41) is 1.75. The smallest absolute Gasteiger partial charge is 0.0958 e. The highest BCUT2D eigenvalue weighted by molar-refractivity contribution is 7.95. The van der Waals surface area contributed by atoms with E-state index in [-0.39, 0.29) is 0 Å². The molecule has 0 saturated carbocycles. The van der Waals surface area contributed by atoms with E-state index >= 15 is 0 Å². The van der Waals surface area contributed by atoms with Crippen LogP contribution in [0.2, 0.25) is 5.02 Å². The van der Waals surface area contributed by atoms with Crippen molar-refractivity contribution < 1.29 is 4.21 Å². The summed E-state index contributed by atoms with van der Waals surface area (Å²) in [5.41, 5.74) is 0.907. The van der Waals surface area contributed by atoms with E-state index in [9.17, 15) is 4.21 Å². The minimum absolute atomic E-state index is 0.346. The number of rotatable bonds is 3. The first kappa shape index (κ1) is 12.9. The standard InChI is InChI=1S/C14H12ClNOS/c15-13-8-4-5-9-14(13)18(16,17)11-10-12-6-2-1-3-7-12/h1-11,16H/b11-10+. The lowest BCUT2D eigenvalue weighted by Gasteiger charge is -2.04. The van der Waals surface area contributed by atoms with Gasteiger partial charge in [-0.25, -0.2) is 8.99 Å². The molecule has 0 bridgehead atoms. The predicted octanol–water partition coefficient (Wildman–Crippen LogP) is 4.42. The first-order chi connectivity index (χ1) is 8.59. The van der Waals surface area contributed by atoms with Gasteiger partial charge in [-0.05, 0) is 23.8 Å². The van der Waals surface area contributed by atoms with Crippen LogP contribution >= 0.6 is 11.6 Å². The normalized spacial score (nSPS) is 14.5. The molecule has 0 fully saturated rings. The van der Waals surface area contributed by atoms with Gasteiger partial charge in [0.05, 0.1) is 19.6 Å². The molecule has 0 spiro atoms. The number of benzene rings is 2. The first-order valence-corrected chi connectivity index (χ1v) is 7.36. The lowest BCUT2D eigenvalue weighted by Crippen LogP contribution is -1.94. The van der Waals surface area contributed by atoms with Crippen LogP contribution in [0.3, 0.4) is 0 Å². The van der Waals surface area contributed by atoms with Crippen LogP contribution in [0.25, 0.3) is 6.08 Å². The van der Waals surface area contributed by atoms with Crippen molar-refractivity contribution in [1.29, 1.82) is 4.78 Å². The van der Waals surface area contributed by atoms with Gasteiger partial charge < -0.3 is 0 Å². The SMILES string of the molecule is N=S(=O)(/C=C/c1ccccc1)c1ccccc1Cl. The van der Waals surface area contributed by atoms with Crippen LogP contribution in [0.15, 0.2) is 64.9 Å². The van der Waals surface area contributed by atoms with Crippen LogP contribution < -0.4 is 0 Å². The largest absolute Gasteiger partial charge is 0.245 e. The molecule has 0 aliphatic heterocycles. The topological polar surface area (TPSA) is 40.9 Å². The summed E-state index contributed by atoms with van der Waals surface area (Å²) in [6, 6.07) is 16.2. The van der Waals surface area contributed by atoms with Crippen LogP contribution in [-0.4, -0.2) is 4.21 Å². The van der Waals surface area contributed by atoms with Crippen molar-refractivity contribution in [1.82, 2.24) is 0 Å². The minimum atomic E-state index is -3.00. The Balaban J connectivity index is 2.34. The molecule has 0 aliphatic rings. The molecule has 0 saturated heterocycles. The van der Waals surface area contributed by atoms with Crippen LogP contribution in [0.1, 0.15) is 5.56 Å². The summed E-state index contributed by atoms with van der Waals surface area (Å²) in [6.07, 6.45) is 1.68. The minimum Gasteiger partial charge on any atom is -0.245 e. The van der Waals surface area contributed by atoms with E-state index in [0.717, 1.165) is 5.56 Å². The second-order valence-corrected chi connectivity index (χ2v) is 6.07. The third kappa shape index (κ3) is 3.00. The van der Waals surface area contributed by atoms with Gasteiger partial charge in [-0.1, -0.05) is 54.1 Å². The zero-order valence-corrected chi connectivity index (χ0v) is 11.1. The Morgan fingerprint density at radius 2 is 1.61 bits per heavy atom. The molecular weight excluding hydrogens is 266 g/mol. The number of halogens is 1. The average molecular weight is 278 g/mol. The predicted molar refractivity (Wildman–Crippen MR) is 76.1 cm³/mol. The van der Waals surface area contributed by atoms with Crippen LogP contribution in [0, 0.1) is 4.78 Å². The van der Waals surface area contributed by atoms with Gasteiger partial charge in [0.15, 0.2) is 0 Å². The van der Waals surface area contributed by atoms with E-state index in [4.69, 9.17) is 16.4 Å². The van der Waals surface area contributed by atoms with Crippen molar-refractivity contribution in [2.75, 3.05) is 0 Å². The Bertz CT molecular complexity index is 663. The summed E-state index contributed by atoms with van der Waals surface area (Å²) in [7, 11) is -3.00. The van der Waals surface area contributed by atoms with Gasteiger partial charge in [-0.2, -0.15) is 0 Å². The zero-order chi connectivity index (χ0) is 13.0. The molecule has 0 heterocycles. The zero-order valence-electron chi connectivity index (χ0n) is 9.55. The summed E-state index contributed by atoms with van der Waals surface area (Å²) < 4.78 is 20.2. The van der Waals surface area contributed by atoms with Crippen molar-refractivity contribution in [2.24, 2.45) is 0 Å². The molecule has 1 unspecified atom stereocenters. The monoisotopic (exact) mass is 277 g/mol. The van der Waals surface area contributed by atoms with Gasteiger partial charge in [0.1, 0.15) is 0 Å². The highest BCUT2D eigenvalue weighted by Crippen LogP contribution is 2.23. The van der Waals surface area contributed by atoms with Gasteiger partial charge in [0.25, 0.3) is 0 Å². The van der Waals surface area contributed by atoms with Gasteiger partial charge in [-0.15, -0.1) is 0 Å². The van der Waals surface area contributed by atoms with Crippen molar-refractivity contribution in [2.45, 2.75) is 4.90 Å². The van der Waals surface area contributed by atoms with Gasteiger partial charge in [0, 0.05) is 5.41 Å². The molecule has 1 N–H and O–H groups in total. The van der Waals surface area contributed by atoms with E-state index in [2.05, 4.69) is 0 Å². The van der Waals surface area contributed by atoms with Crippen molar-refractivity contribution >= 4 is 27.4 Å². The molecule has 2 rings (SSSR count). The Morgan fingerprint density at radius 1 is 1.00 bits per heavy atom. The Morgan fingerprint density at radius 3 is 2.28 bits per heavy atom. The molecule has 92 valence electrons. The first-order valence-electron chi connectivity index (χ1n) is 5.36. The average Bonchev–Trinajstić information content (AvgIpc) is 2.38. The molecular formula is C14H12ClNOS. The summed E-state index contributed by atoms with van der Waals surface area (Å²) in [6.45, 7) is 0. The molecule has 4 heteroatoms. The maximum absolute atomic E-state index is 12.3. The maximum atomic E-state index is 12.3. The second kappa shape index (κ2) is 5.38. The van der Waals surface area contributed by atoms with Crippen molar-refractivity contribution in [3.63, 3.8) is 0 Å². The van der Waals surface area contributed by atoms with E-state index in [0.29, 0.717) is 9.92 Å². The summed E-state index contributed by atoms with van der Waals surface area (Å²) >= 11 is 5.96. The molecule has 2 nitrogen and oxygen atoms in total. The number of hydrogen-bond acceptors (Lipinski definition) is 2. The van der Waals surface area contributed by atoms with Crippen LogP contribution in [-0.2, 0) is 9.73 Å². The fraction of sp³-hybridized carbons (Fsp3) is 0. The second-order valence-electron chi connectivity index (χ2n) is 3.74. The Labute approximate surface area is 112 Å². The van der Waals surface area contributed by atoms with E-state index in [1.54, 1.807) is 30.3 Å². The molecule has 0 aromatic heterocycles. The maximum Gasteiger partial charge on any atom is 0.0958 e. The summed E-state index contributed by atoms with van der Waals surface area (Å²) in [4.78, 5) is 0.346. The molecule has 2 aromatic carbocycles. The Kier molecular flexibility index (Phi) is 3.84. The summed E-state index contributed by atoms with van der Waals surface area (Å²) in [5.74, 6) is 0. The lowest BCUT2D eigenvalue weighted by atomic mass is 10.2. The van der Waals surface area contributed by atoms with Crippen LogP contribution in [0.5, 0.6) is 0 Å². The lowest BCUT2D eigenvalue weighted by molar-refractivity contribution is 0.681. The van der Waals surface area contributed by atoms with E-state index in [1.165, 1.54) is 5.41 Å². The molecule has 2 aromatic rings. The molecule has 1 atom stereocenters. The van der Waals surface area contributed by atoms with Crippen molar-refractivity contribution in [3.8, 4) is 0 Å². The fourth-order valence-corrected chi connectivity index (χ4v) is 3.12. The third-order valence-electron chi connectivity index (χ3n) is 2.42. The van der Waals surface area contributed by atoms with Gasteiger partial charge in [-0.3, -0.25) is 0 Å². The van der Waals surface area contributed by atoms with E-state index < -0.39 is 9.73 Å². The quantitative estimate of drug-likeness (QED) is 0.887. The van der Waals surface area contributed by atoms with Gasteiger partial charge in [0.2, 0.25) is 0 Å². The highest BCUT2D eigenvalue weighted by atomic mass is 35.5. The van der Waals surface area contributed by atoms with Crippen LogP contribution in [0.4, 0.5) is 0 Å². The highest BCUT2D eigenvalue weighted by Gasteiger charge is 2.09. The number of hydrogen-bond donors (Lipinski definition) is 1. The molecule has 0 radical (unpaired) electrons. The number of nitrogens with one attached hydrogen (secondary N) is 1. The molecule has 18 heavy (non-hydrogen) atoms.